The van der Waals surface area contributed by atoms with E-state index in [2.05, 4.69) is 37.7 Å². The molecule has 0 spiro atoms. The van der Waals surface area contributed by atoms with Crippen molar-refractivity contribution in [3.63, 3.8) is 0 Å². The van der Waals surface area contributed by atoms with Gasteiger partial charge in [0.25, 0.3) is 0 Å². The van der Waals surface area contributed by atoms with Gasteiger partial charge in [0.2, 0.25) is 0 Å². The van der Waals surface area contributed by atoms with Gasteiger partial charge in [-0.25, -0.2) is 0 Å². The van der Waals surface area contributed by atoms with E-state index in [1.807, 2.05) is 0 Å². The van der Waals surface area contributed by atoms with Crippen molar-refractivity contribution >= 4 is 11.8 Å². The van der Waals surface area contributed by atoms with Crippen molar-refractivity contribution in [1.29, 1.82) is 0 Å². The lowest BCUT2D eigenvalue weighted by Gasteiger charge is -2.19. The molecule has 0 saturated carbocycles. The molecule has 0 amide bonds. The van der Waals surface area contributed by atoms with Crippen LogP contribution in [0.3, 0.4) is 0 Å². The molecule has 0 radical (unpaired) electrons. The van der Waals surface area contributed by atoms with Crippen molar-refractivity contribution in [3.05, 3.63) is 23.3 Å². The Kier molecular flexibility index (Phi) is 8.12. The van der Waals surface area contributed by atoms with Crippen LogP contribution >= 0.6 is 0 Å². The molecule has 0 aromatic rings. The van der Waals surface area contributed by atoms with Gasteiger partial charge >= 0.3 is 5.97 Å². The molecular formula is C17H28O3. The largest absolute Gasteiger partial charge is 0.468 e. The minimum absolute atomic E-state index is 0.0716. The molecule has 0 bridgehead atoms. The van der Waals surface area contributed by atoms with E-state index in [-0.39, 0.29) is 5.78 Å². The first kappa shape index (κ1) is 18.6. The molecule has 0 unspecified atom stereocenters. The zero-order valence-corrected chi connectivity index (χ0v) is 13.7. The van der Waals surface area contributed by atoms with Gasteiger partial charge in [0.15, 0.2) is 0 Å². The molecule has 0 N–H and O–H groups in total. The fourth-order valence-electron chi connectivity index (χ4n) is 1.82. The van der Waals surface area contributed by atoms with E-state index in [0.717, 1.165) is 12.8 Å². The molecule has 0 heterocycles. The summed E-state index contributed by atoms with van der Waals surface area (Å²) in [5, 5.41) is 0. The molecule has 0 aliphatic rings. The van der Waals surface area contributed by atoms with E-state index < -0.39 is 11.4 Å². The van der Waals surface area contributed by atoms with Crippen LogP contribution in [0.2, 0.25) is 0 Å². The summed E-state index contributed by atoms with van der Waals surface area (Å²) in [4.78, 5) is 23.5. The summed E-state index contributed by atoms with van der Waals surface area (Å²) in [6.45, 7) is 9.49. The molecular weight excluding hydrogens is 252 g/mol. The van der Waals surface area contributed by atoms with Crippen LogP contribution in [0.15, 0.2) is 23.3 Å². The number of carbonyl (C=O) groups excluding carboxylic acids is 2. The monoisotopic (exact) mass is 280 g/mol. The van der Waals surface area contributed by atoms with Gasteiger partial charge in [-0.2, -0.15) is 0 Å². The Bertz CT molecular complexity index is 396. The van der Waals surface area contributed by atoms with Crippen LogP contribution in [0.4, 0.5) is 0 Å². The van der Waals surface area contributed by atoms with Crippen molar-refractivity contribution in [1.82, 2.24) is 0 Å². The molecule has 3 heteroatoms. The second kappa shape index (κ2) is 8.72. The highest BCUT2D eigenvalue weighted by atomic mass is 16.5. The number of carbonyl (C=O) groups is 2. The third-order valence-corrected chi connectivity index (χ3v) is 3.35. The smallest absolute Gasteiger partial charge is 0.318 e. The molecule has 0 fully saturated rings. The summed E-state index contributed by atoms with van der Waals surface area (Å²) < 4.78 is 4.66. The summed E-state index contributed by atoms with van der Waals surface area (Å²) in [5.41, 5.74) is 1.57. The molecule has 0 aliphatic carbocycles. The van der Waals surface area contributed by atoms with Crippen molar-refractivity contribution < 1.29 is 14.3 Å². The van der Waals surface area contributed by atoms with Crippen molar-refractivity contribution in [2.75, 3.05) is 7.11 Å². The average molecular weight is 280 g/mol. The maximum Gasteiger partial charge on any atom is 0.318 e. The first-order chi connectivity index (χ1) is 9.21. The van der Waals surface area contributed by atoms with E-state index in [1.165, 1.54) is 18.3 Å². The molecule has 20 heavy (non-hydrogen) atoms. The number of ketones is 1. The minimum Gasteiger partial charge on any atom is -0.468 e. The number of rotatable bonds is 8. The maximum absolute atomic E-state index is 12.0. The normalized spacial score (nSPS) is 12.0. The number of esters is 1. The van der Waals surface area contributed by atoms with Gasteiger partial charge in [-0.15, -0.1) is 0 Å². The molecule has 0 rings (SSSR count). The van der Waals surface area contributed by atoms with E-state index in [9.17, 15) is 9.59 Å². The van der Waals surface area contributed by atoms with Crippen molar-refractivity contribution in [3.8, 4) is 0 Å². The fourth-order valence-corrected chi connectivity index (χ4v) is 1.82. The first-order valence-corrected chi connectivity index (χ1v) is 7.12. The van der Waals surface area contributed by atoms with E-state index in [0.29, 0.717) is 12.8 Å². The lowest BCUT2D eigenvalue weighted by atomic mass is 9.85. The van der Waals surface area contributed by atoms with E-state index in [1.54, 1.807) is 13.8 Å². The Hall–Kier alpha value is -1.38. The second-order valence-electron chi connectivity index (χ2n) is 5.95. The van der Waals surface area contributed by atoms with Gasteiger partial charge in [0.1, 0.15) is 11.2 Å². The minimum atomic E-state index is -1.04. The summed E-state index contributed by atoms with van der Waals surface area (Å²) in [6.07, 6.45) is 7.40. The maximum atomic E-state index is 12.0. The number of methoxy groups -OCH3 is 1. The van der Waals surface area contributed by atoms with Crippen LogP contribution in [-0.2, 0) is 14.3 Å². The molecule has 0 saturated heterocycles. The van der Waals surface area contributed by atoms with Crippen molar-refractivity contribution in [2.24, 2.45) is 5.41 Å². The number of allylic oxidation sites excluding steroid dienone is 4. The Morgan fingerprint density at radius 1 is 1.00 bits per heavy atom. The predicted molar refractivity (Wildman–Crippen MR) is 82.5 cm³/mol. The average Bonchev–Trinajstić information content (AvgIpc) is 2.36. The van der Waals surface area contributed by atoms with Crippen LogP contribution in [0, 0.1) is 5.41 Å². The third kappa shape index (κ3) is 6.69. The number of hydrogen-bond donors (Lipinski definition) is 0. The summed E-state index contributed by atoms with van der Waals surface area (Å²) >= 11 is 0. The Morgan fingerprint density at radius 3 is 2.05 bits per heavy atom. The predicted octanol–water partition coefficient (Wildman–Crippen LogP) is 4.23. The lowest BCUT2D eigenvalue weighted by Crippen LogP contribution is -2.34. The standard InChI is InChI=1S/C17H28O3/c1-13(2)9-7-10-14(3)11-8-12-15(18)17(4,5)16(19)20-6/h9,11H,7-8,10,12H2,1-6H3. The van der Waals surface area contributed by atoms with Gasteiger partial charge in [-0.1, -0.05) is 23.3 Å². The molecule has 0 aromatic carbocycles. The highest BCUT2D eigenvalue weighted by Gasteiger charge is 2.35. The van der Waals surface area contributed by atoms with Crippen LogP contribution < -0.4 is 0 Å². The van der Waals surface area contributed by atoms with Gasteiger partial charge in [0.05, 0.1) is 7.11 Å². The second-order valence-corrected chi connectivity index (χ2v) is 5.95. The van der Waals surface area contributed by atoms with E-state index in [4.69, 9.17) is 0 Å². The van der Waals surface area contributed by atoms with Crippen LogP contribution in [0.5, 0.6) is 0 Å². The van der Waals surface area contributed by atoms with Gasteiger partial charge in [-0.05, 0) is 53.9 Å². The summed E-state index contributed by atoms with van der Waals surface area (Å²) in [7, 11) is 1.31. The Balaban J connectivity index is 4.25. The summed E-state index contributed by atoms with van der Waals surface area (Å²) in [5.74, 6) is -0.538. The van der Waals surface area contributed by atoms with Gasteiger partial charge < -0.3 is 4.74 Å². The number of hydrogen-bond acceptors (Lipinski definition) is 3. The number of ether oxygens (including phenoxy) is 1. The third-order valence-electron chi connectivity index (χ3n) is 3.35. The first-order valence-electron chi connectivity index (χ1n) is 7.12. The Labute approximate surface area is 123 Å². The van der Waals surface area contributed by atoms with Gasteiger partial charge in [-0.3, -0.25) is 9.59 Å². The van der Waals surface area contributed by atoms with E-state index >= 15 is 0 Å². The molecule has 0 aromatic heterocycles. The number of Topliss-reactive ketones (excluding diaryl/α,β-unsaturated/α-hetero) is 1. The van der Waals surface area contributed by atoms with Crippen LogP contribution in [-0.4, -0.2) is 18.9 Å². The molecule has 0 atom stereocenters. The quantitative estimate of drug-likeness (QED) is 0.380. The molecule has 0 aliphatic heterocycles. The molecule has 3 nitrogen and oxygen atoms in total. The van der Waals surface area contributed by atoms with Gasteiger partial charge in [0, 0.05) is 6.42 Å². The fraction of sp³-hybridized carbons (Fsp3) is 0.647. The highest BCUT2D eigenvalue weighted by Crippen LogP contribution is 2.21. The zero-order chi connectivity index (χ0) is 15.8. The van der Waals surface area contributed by atoms with Crippen molar-refractivity contribution in [2.45, 2.75) is 60.3 Å². The summed E-state index contributed by atoms with van der Waals surface area (Å²) in [6, 6.07) is 0. The molecule has 114 valence electrons. The Morgan fingerprint density at radius 2 is 1.55 bits per heavy atom. The topological polar surface area (TPSA) is 43.4 Å². The van der Waals surface area contributed by atoms with Crippen LogP contribution in [0.25, 0.3) is 0 Å². The SMILES string of the molecule is COC(=O)C(C)(C)C(=O)CCC=C(C)CCC=C(C)C. The van der Waals surface area contributed by atoms with Crippen LogP contribution in [0.1, 0.15) is 60.3 Å². The lowest BCUT2D eigenvalue weighted by molar-refractivity contribution is -0.155. The zero-order valence-electron chi connectivity index (χ0n) is 13.7. The highest BCUT2D eigenvalue weighted by molar-refractivity contribution is 6.02.